The number of anilines is 3. The topological polar surface area (TPSA) is 44.4 Å². The summed E-state index contributed by atoms with van der Waals surface area (Å²) >= 11 is 0. The molecule has 4 heteroatoms. The smallest absolute Gasteiger partial charge is 0.246 e. The Morgan fingerprint density at radius 2 is 2.20 bits per heavy atom. The first-order valence-corrected chi connectivity index (χ1v) is 5.22. The average Bonchev–Trinajstić information content (AvgIpc) is 2.26. The maximum Gasteiger partial charge on any atom is 0.246 e. The van der Waals surface area contributed by atoms with Crippen LogP contribution in [0.1, 0.15) is 6.92 Å². The van der Waals surface area contributed by atoms with Gasteiger partial charge in [0.25, 0.3) is 0 Å². The molecule has 0 fully saturated rings. The zero-order chi connectivity index (χ0) is 10.4. The van der Waals surface area contributed by atoms with Crippen molar-refractivity contribution in [3.8, 4) is 0 Å². The molecule has 2 heterocycles. The van der Waals surface area contributed by atoms with E-state index in [-0.39, 0.29) is 11.9 Å². The van der Waals surface area contributed by atoms with E-state index in [4.69, 9.17) is 0 Å². The summed E-state index contributed by atoms with van der Waals surface area (Å²) in [5.74, 6) is 0.0848. The molecule has 0 bridgehead atoms. The number of carbonyl (C=O) groups is 1. The number of nitrogens with one attached hydrogen (secondary N) is 2. The molecule has 0 aliphatic carbocycles. The van der Waals surface area contributed by atoms with Gasteiger partial charge in [-0.2, -0.15) is 0 Å². The lowest BCUT2D eigenvalue weighted by Gasteiger charge is -2.40. The second-order valence-corrected chi connectivity index (χ2v) is 3.99. The van der Waals surface area contributed by atoms with Crippen molar-refractivity contribution in [2.24, 2.45) is 0 Å². The Balaban J connectivity index is 2.20. The third kappa shape index (κ3) is 1.11. The third-order valence-corrected chi connectivity index (χ3v) is 3.10. The maximum atomic E-state index is 11.7. The quantitative estimate of drug-likeness (QED) is 0.667. The fraction of sp³-hybridized carbons (Fsp3) is 0.364. The summed E-state index contributed by atoms with van der Waals surface area (Å²) < 4.78 is 0. The minimum atomic E-state index is -0.0688. The first kappa shape index (κ1) is 8.59. The van der Waals surface area contributed by atoms with Crippen molar-refractivity contribution in [3.63, 3.8) is 0 Å². The normalized spacial score (nSPS) is 22.9. The molecule has 0 spiro atoms. The Morgan fingerprint density at radius 3 is 3.07 bits per heavy atom. The van der Waals surface area contributed by atoms with Gasteiger partial charge in [-0.1, -0.05) is 6.07 Å². The van der Waals surface area contributed by atoms with Crippen LogP contribution in [0.2, 0.25) is 0 Å². The second kappa shape index (κ2) is 2.89. The van der Waals surface area contributed by atoms with Crippen molar-refractivity contribution in [1.82, 2.24) is 0 Å². The summed E-state index contributed by atoms with van der Waals surface area (Å²) in [5, 5.41) is 6.27. The summed E-state index contributed by atoms with van der Waals surface area (Å²) in [7, 11) is 0. The van der Waals surface area contributed by atoms with Gasteiger partial charge in [0.05, 0.1) is 17.1 Å². The molecule has 0 aromatic heterocycles. The second-order valence-electron chi connectivity index (χ2n) is 3.99. The van der Waals surface area contributed by atoms with E-state index in [9.17, 15) is 4.79 Å². The van der Waals surface area contributed by atoms with Crippen LogP contribution in [0, 0.1) is 0 Å². The summed E-state index contributed by atoms with van der Waals surface area (Å²) in [6, 6.07) is 5.89. The van der Waals surface area contributed by atoms with Crippen molar-refractivity contribution in [2.75, 3.05) is 28.6 Å². The van der Waals surface area contributed by atoms with Gasteiger partial charge < -0.3 is 15.5 Å². The number of rotatable bonds is 0. The Hall–Kier alpha value is -1.71. The van der Waals surface area contributed by atoms with E-state index in [1.54, 1.807) is 0 Å². The first-order chi connectivity index (χ1) is 7.27. The van der Waals surface area contributed by atoms with Gasteiger partial charge in [-0.05, 0) is 19.1 Å². The molecule has 1 aromatic carbocycles. The van der Waals surface area contributed by atoms with Gasteiger partial charge in [0.2, 0.25) is 5.91 Å². The van der Waals surface area contributed by atoms with Gasteiger partial charge in [-0.15, -0.1) is 0 Å². The highest BCUT2D eigenvalue weighted by Gasteiger charge is 2.32. The van der Waals surface area contributed by atoms with Crippen LogP contribution in [0.3, 0.4) is 0 Å². The van der Waals surface area contributed by atoms with Gasteiger partial charge in [-0.25, -0.2) is 0 Å². The molecule has 2 N–H and O–H groups in total. The van der Waals surface area contributed by atoms with Crippen LogP contribution in [-0.4, -0.2) is 25.0 Å². The van der Waals surface area contributed by atoms with Crippen molar-refractivity contribution in [3.05, 3.63) is 18.2 Å². The first-order valence-electron chi connectivity index (χ1n) is 5.22. The monoisotopic (exact) mass is 203 g/mol. The average molecular weight is 203 g/mol. The van der Waals surface area contributed by atoms with E-state index in [0.717, 1.165) is 30.2 Å². The molecule has 3 rings (SSSR count). The van der Waals surface area contributed by atoms with Crippen LogP contribution < -0.4 is 15.5 Å². The number of hydrogen-bond acceptors (Lipinski definition) is 3. The SMILES string of the molecule is C[C@@H]1C(=O)Nc2cccc3c2N1CCN3. The number of nitrogens with zero attached hydrogens (tertiary/aromatic N) is 1. The summed E-state index contributed by atoms with van der Waals surface area (Å²) in [6.45, 7) is 3.73. The van der Waals surface area contributed by atoms with Gasteiger partial charge in [0.15, 0.2) is 0 Å². The summed E-state index contributed by atoms with van der Waals surface area (Å²) in [4.78, 5) is 13.9. The number of amides is 1. The molecule has 0 unspecified atom stereocenters. The summed E-state index contributed by atoms with van der Waals surface area (Å²) in [6.07, 6.45) is 0. The molecule has 1 atom stereocenters. The number of para-hydroxylation sites is 1. The molecule has 2 aliphatic rings. The predicted molar refractivity (Wildman–Crippen MR) is 60.4 cm³/mol. The highest BCUT2D eigenvalue weighted by atomic mass is 16.2. The van der Waals surface area contributed by atoms with Crippen LogP contribution in [0.25, 0.3) is 0 Å². The summed E-state index contributed by atoms with van der Waals surface area (Å²) in [5.41, 5.74) is 3.17. The van der Waals surface area contributed by atoms with Crippen molar-refractivity contribution >= 4 is 23.0 Å². The Morgan fingerprint density at radius 1 is 1.40 bits per heavy atom. The maximum absolute atomic E-state index is 11.7. The predicted octanol–water partition coefficient (Wildman–Crippen LogP) is 1.26. The number of hydrogen-bond donors (Lipinski definition) is 2. The van der Waals surface area contributed by atoms with E-state index >= 15 is 0 Å². The van der Waals surface area contributed by atoms with Gasteiger partial charge >= 0.3 is 0 Å². The molecule has 0 radical (unpaired) electrons. The lowest BCUT2D eigenvalue weighted by molar-refractivity contribution is -0.117. The van der Waals surface area contributed by atoms with Gasteiger partial charge in [0, 0.05) is 13.1 Å². The molecular weight excluding hydrogens is 190 g/mol. The molecular formula is C11H13N3O. The highest BCUT2D eigenvalue weighted by Crippen LogP contribution is 2.40. The van der Waals surface area contributed by atoms with Crippen molar-refractivity contribution in [1.29, 1.82) is 0 Å². The number of carbonyl (C=O) groups excluding carboxylic acids is 1. The zero-order valence-electron chi connectivity index (χ0n) is 8.58. The highest BCUT2D eigenvalue weighted by molar-refractivity contribution is 6.06. The molecule has 2 aliphatic heterocycles. The van der Waals surface area contributed by atoms with Crippen LogP contribution in [0.5, 0.6) is 0 Å². The van der Waals surface area contributed by atoms with Gasteiger partial charge in [0.1, 0.15) is 6.04 Å². The van der Waals surface area contributed by atoms with E-state index in [1.165, 1.54) is 0 Å². The molecule has 4 nitrogen and oxygen atoms in total. The minimum Gasteiger partial charge on any atom is -0.382 e. The van der Waals surface area contributed by atoms with Gasteiger partial charge in [-0.3, -0.25) is 4.79 Å². The van der Waals surface area contributed by atoms with E-state index in [2.05, 4.69) is 21.6 Å². The van der Waals surface area contributed by atoms with E-state index in [1.807, 2.05) is 19.1 Å². The van der Waals surface area contributed by atoms with Crippen LogP contribution in [0.15, 0.2) is 18.2 Å². The molecule has 1 amide bonds. The van der Waals surface area contributed by atoms with Crippen LogP contribution in [0.4, 0.5) is 17.1 Å². The van der Waals surface area contributed by atoms with E-state index < -0.39 is 0 Å². The fourth-order valence-electron chi connectivity index (χ4n) is 2.29. The Labute approximate surface area is 88.3 Å². The van der Waals surface area contributed by atoms with Crippen molar-refractivity contribution < 1.29 is 4.79 Å². The van der Waals surface area contributed by atoms with Crippen molar-refractivity contribution in [2.45, 2.75) is 13.0 Å². The lowest BCUT2D eigenvalue weighted by Crippen LogP contribution is -2.50. The Kier molecular flexibility index (Phi) is 1.65. The molecule has 15 heavy (non-hydrogen) atoms. The zero-order valence-corrected chi connectivity index (χ0v) is 8.58. The Bertz CT molecular complexity index is 430. The third-order valence-electron chi connectivity index (χ3n) is 3.10. The molecule has 1 aromatic rings. The lowest BCUT2D eigenvalue weighted by atomic mass is 10.1. The largest absolute Gasteiger partial charge is 0.382 e. The number of benzene rings is 1. The van der Waals surface area contributed by atoms with Crippen LogP contribution in [-0.2, 0) is 4.79 Å². The molecule has 0 saturated heterocycles. The molecule has 0 saturated carbocycles. The molecule has 78 valence electrons. The van der Waals surface area contributed by atoms with Crippen LogP contribution >= 0.6 is 0 Å². The minimum absolute atomic E-state index is 0.0688. The van der Waals surface area contributed by atoms with E-state index in [0.29, 0.717) is 0 Å². The standard InChI is InChI=1S/C11H13N3O/c1-7-11(15)13-9-4-2-3-8-10(9)14(7)6-5-12-8/h2-4,7,12H,5-6H2,1H3,(H,13,15)/t7-/m1/s1. The fourth-order valence-corrected chi connectivity index (χ4v) is 2.29.